The maximum atomic E-state index is 11.8. The average molecular weight is 336 g/mol. The minimum Gasteiger partial charge on any atom is -0.456 e. The van der Waals surface area contributed by atoms with Gasteiger partial charge in [0.2, 0.25) is 0 Å². The van der Waals surface area contributed by atoms with Gasteiger partial charge in [-0.2, -0.15) is 0 Å². The SMILES string of the molecule is O=C(COC(=O)CCCc1c[nH]c2ccccc12)Nc1ccccc1. The van der Waals surface area contributed by atoms with Gasteiger partial charge in [0.1, 0.15) is 0 Å². The molecule has 3 aromatic rings. The van der Waals surface area contributed by atoms with Crippen molar-refractivity contribution in [2.75, 3.05) is 11.9 Å². The van der Waals surface area contributed by atoms with Crippen molar-refractivity contribution in [1.82, 2.24) is 4.98 Å². The van der Waals surface area contributed by atoms with Crippen LogP contribution in [0.5, 0.6) is 0 Å². The molecule has 0 fully saturated rings. The smallest absolute Gasteiger partial charge is 0.306 e. The van der Waals surface area contributed by atoms with Crippen LogP contribution in [0.1, 0.15) is 18.4 Å². The number of aromatic amines is 1. The third-order valence-electron chi connectivity index (χ3n) is 3.92. The molecule has 2 N–H and O–H groups in total. The predicted octanol–water partition coefficient (Wildman–Crippen LogP) is 3.67. The van der Waals surface area contributed by atoms with E-state index in [9.17, 15) is 9.59 Å². The lowest BCUT2D eigenvalue weighted by atomic mass is 10.1. The van der Waals surface area contributed by atoms with Crippen LogP contribution in [0.4, 0.5) is 5.69 Å². The highest BCUT2D eigenvalue weighted by Gasteiger charge is 2.09. The van der Waals surface area contributed by atoms with Crippen LogP contribution in [0.25, 0.3) is 10.9 Å². The lowest BCUT2D eigenvalue weighted by Crippen LogP contribution is -2.20. The minimum absolute atomic E-state index is 0.263. The Labute approximate surface area is 146 Å². The molecule has 0 saturated heterocycles. The number of H-pyrrole nitrogens is 1. The van der Waals surface area contributed by atoms with Crippen LogP contribution in [-0.2, 0) is 20.7 Å². The van der Waals surface area contributed by atoms with Crippen molar-refractivity contribution in [3.63, 3.8) is 0 Å². The molecule has 0 atom stereocenters. The average Bonchev–Trinajstić information content (AvgIpc) is 3.04. The van der Waals surface area contributed by atoms with Crippen molar-refractivity contribution in [2.45, 2.75) is 19.3 Å². The maximum Gasteiger partial charge on any atom is 0.306 e. The number of aryl methyl sites for hydroxylation is 1. The summed E-state index contributed by atoms with van der Waals surface area (Å²) >= 11 is 0. The molecule has 3 rings (SSSR count). The van der Waals surface area contributed by atoms with Gasteiger partial charge in [-0.1, -0.05) is 36.4 Å². The molecule has 0 spiro atoms. The Balaban J connectivity index is 1.39. The van der Waals surface area contributed by atoms with E-state index in [2.05, 4.69) is 16.4 Å². The highest BCUT2D eigenvalue weighted by atomic mass is 16.5. The van der Waals surface area contributed by atoms with Crippen LogP contribution in [0, 0.1) is 0 Å². The van der Waals surface area contributed by atoms with Gasteiger partial charge in [0.15, 0.2) is 6.61 Å². The first-order chi connectivity index (χ1) is 12.2. The van der Waals surface area contributed by atoms with Gasteiger partial charge in [0, 0.05) is 29.2 Å². The molecule has 0 unspecified atom stereocenters. The highest BCUT2D eigenvalue weighted by Crippen LogP contribution is 2.19. The summed E-state index contributed by atoms with van der Waals surface area (Å²) < 4.78 is 5.02. The molecule has 0 aliphatic carbocycles. The largest absolute Gasteiger partial charge is 0.456 e. The van der Waals surface area contributed by atoms with Crippen LogP contribution < -0.4 is 5.32 Å². The molecule has 128 valence electrons. The third kappa shape index (κ3) is 4.70. The number of hydrogen-bond donors (Lipinski definition) is 2. The molecule has 1 aromatic heterocycles. The minimum atomic E-state index is -0.358. The molecule has 0 bridgehead atoms. The molecule has 0 radical (unpaired) electrons. The summed E-state index contributed by atoms with van der Waals surface area (Å²) in [6.07, 6.45) is 3.73. The maximum absolute atomic E-state index is 11.8. The van der Waals surface area contributed by atoms with E-state index in [0.29, 0.717) is 12.1 Å². The van der Waals surface area contributed by atoms with Crippen molar-refractivity contribution in [2.24, 2.45) is 0 Å². The standard InChI is InChI=1S/C20H20N2O3/c23-19(22-16-8-2-1-3-9-16)14-25-20(24)12-6-7-15-13-21-18-11-5-4-10-17(15)18/h1-5,8-11,13,21H,6-7,12,14H2,(H,22,23). The zero-order chi connectivity index (χ0) is 17.5. The third-order valence-corrected chi connectivity index (χ3v) is 3.92. The van der Waals surface area contributed by atoms with Gasteiger partial charge < -0.3 is 15.0 Å². The number of rotatable bonds is 7. The summed E-state index contributed by atoms with van der Waals surface area (Å²) in [5.41, 5.74) is 2.96. The number of carbonyl (C=O) groups is 2. The van der Waals surface area contributed by atoms with Gasteiger partial charge in [-0.05, 0) is 36.6 Å². The molecule has 0 aliphatic heterocycles. The number of fused-ring (bicyclic) bond motifs is 1. The van der Waals surface area contributed by atoms with E-state index in [1.54, 1.807) is 12.1 Å². The van der Waals surface area contributed by atoms with Gasteiger partial charge in [-0.15, -0.1) is 0 Å². The summed E-state index contributed by atoms with van der Waals surface area (Å²) in [7, 11) is 0. The van der Waals surface area contributed by atoms with Crippen molar-refractivity contribution in [3.05, 3.63) is 66.4 Å². The number of amides is 1. The molecule has 2 aromatic carbocycles. The second-order valence-corrected chi connectivity index (χ2v) is 5.79. The Bertz CT molecular complexity index is 856. The number of nitrogens with one attached hydrogen (secondary N) is 2. The van der Waals surface area contributed by atoms with Crippen molar-refractivity contribution < 1.29 is 14.3 Å². The number of ether oxygens (including phenoxy) is 1. The first-order valence-electron chi connectivity index (χ1n) is 8.28. The van der Waals surface area contributed by atoms with Crippen LogP contribution in [0.3, 0.4) is 0 Å². The van der Waals surface area contributed by atoms with Crippen LogP contribution in [-0.4, -0.2) is 23.5 Å². The van der Waals surface area contributed by atoms with E-state index in [-0.39, 0.29) is 24.9 Å². The fourth-order valence-electron chi connectivity index (χ4n) is 2.70. The zero-order valence-corrected chi connectivity index (χ0v) is 13.8. The monoisotopic (exact) mass is 336 g/mol. The molecule has 1 heterocycles. The molecule has 25 heavy (non-hydrogen) atoms. The van der Waals surface area contributed by atoms with E-state index in [4.69, 9.17) is 4.74 Å². The Morgan fingerprint density at radius 2 is 1.76 bits per heavy atom. The second-order valence-electron chi connectivity index (χ2n) is 5.79. The normalized spacial score (nSPS) is 10.6. The first-order valence-corrected chi connectivity index (χ1v) is 8.28. The molecule has 0 saturated carbocycles. The number of anilines is 1. The lowest BCUT2D eigenvalue weighted by molar-refractivity contribution is -0.147. The molecule has 1 amide bonds. The van der Waals surface area contributed by atoms with E-state index in [1.165, 1.54) is 10.9 Å². The number of benzene rings is 2. The fraction of sp³-hybridized carbons (Fsp3) is 0.200. The van der Waals surface area contributed by atoms with Gasteiger partial charge >= 0.3 is 5.97 Å². The van der Waals surface area contributed by atoms with E-state index >= 15 is 0 Å². The lowest BCUT2D eigenvalue weighted by Gasteiger charge is -2.06. The molecule has 0 aliphatic rings. The van der Waals surface area contributed by atoms with Crippen molar-refractivity contribution >= 4 is 28.5 Å². The highest BCUT2D eigenvalue weighted by molar-refractivity contribution is 5.92. The Kier molecular flexibility index (Phi) is 5.46. The molecular weight excluding hydrogens is 316 g/mol. The van der Waals surface area contributed by atoms with Gasteiger partial charge in [-0.25, -0.2) is 0 Å². The summed E-state index contributed by atoms with van der Waals surface area (Å²) in [6.45, 7) is -0.263. The number of aromatic nitrogens is 1. The fourth-order valence-corrected chi connectivity index (χ4v) is 2.70. The zero-order valence-electron chi connectivity index (χ0n) is 13.8. The molecule has 5 heteroatoms. The Hall–Kier alpha value is -3.08. The summed E-state index contributed by atoms with van der Waals surface area (Å²) in [6, 6.07) is 17.1. The molecular formula is C20H20N2O3. The quantitative estimate of drug-likeness (QED) is 0.647. The summed E-state index contributed by atoms with van der Waals surface area (Å²) in [5.74, 6) is -0.695. The van der Waals surface area contributed by atoms with E-state index < -0.39 is 0 Å². The summed E-state index contributed by atoms with van der Waals surface area (Å²) in [5, 5.41) is 3.85. The van der Waals surface area contributed by atoms with Crippen molar-refractivity contribution in [1.29, 1.82) is 0 Å². The van der Waals surface area contributed by atoms with Crippen LogP contribution in [0.2, 0.25) is 0 Å². The van der Waals surface area contributed by atoms with Crippen LogP contribution >= 0.6 is 0 Å². The number of para-hydroxylation sites is 2. The predicted molar refractivity (Wildman–Crippen MR) is 97.3 cm³/mol. The number of hydrogen-bond acceptors (Lipinski definition) is 3. The summed E-state index contributed by atoms with van der Waals surface area (Å²) in [4.78, 5) is 26.7. The second kappa shape index (κ2) is 8.15. The topological polar surface area (TPSA) is 71.2 Å². The van der Waals surface area contributed by atoms with Gasteiger partial charge in [0.05, 0.1) is 0 Å². The van der Waals surface area contributed by atoms with E-state index in [0.717, 1.165) is 11.9 Å². The van der Waals surface area contributed by atoms with E-state index in [1.807, 2.05) is 42.6 Å². The first kappa shape index (κ1) is 16.8. The van der Waals surface area contributed by atoms with Crippen LogP contribution in [0.15, 0.2) is 60.8 Å². The van der Waals surface area contributed by atoms with Crippen molar-refractivity contribution in [3.8, 4) is 0 Å². The number of carbonyl (C=O) groups excluding carboxylic acids is 2. The Morgan fingerprint density at radius 1 is 1.00 bits per heavy atom. The number of esters is 1. The van der Waals surface area contributed by atoms with Gasteiger partial charge in [0.25, 0.3) is 5.91 Å². The molecule has 5 nitrogen and oxygen atoms in total. The Morgan fingerprint density at radius 3 is 2.60 bits per heavy atom. The van der Waals surface area contributed by atoms with Gasteiger partial charge in [-0.3, -0.25) is 9.59 Å².